The fraction of sp³-hybridized carbons (Fsp3) is 0.520. The van der Waals surface area contributed by atoms with Gasteiger partial charge in [-0.25, -0.2) is 4.79 Å². The maximum Gasteiger partial charge on any atom is 0.342 e. The van der Waals surface area contributed by atoms with E-state index in [1.165, 1.54) is 18.2 Å². The third-order valence-corrected chi connectivity index (χ3v) is 6.14. The maximum atomic E-state index is 12.9. The fourth-order valence-corrected chi connectivity index (χ4v) is 3.78. The first-order valence-corrected chi connectivity index (χ1v) is 11.6. The van der Waals surface area contributed by atoms with E-state index in [0.29, 0.717) is 31.0 Å². The van der Waals surface area contributed by atoms with Gasteiger partial charge in [-0.2, -0.15) is 0 Å². The number of aliphatic hydroxyl groups is 2. The van der Waals surface area contributed by atoms with Crippen molar-refractivity contribution in [3.8, 4) is 5.75 Å². The second-order valence-corrected chi connectivity index (χ2v) is 8.72. The number of anilines is 1. The van der Waals surface area contributed by atoms with Crippen LogP contribution in [0.15, 0.2) is 30.4 Å². The molecular weight excluding hydrogens is 440 g/mol. The molecule has 2 aliphatic rings. The van der Waals surface area contributed by atoms with E-state index in [4.69, 9.17) is 9.47 Å². The van der Waals surface area contributed by atoms with Gasteiger partial charge in [0.2, 0.25) is 0 Å². The van der Waals surface area contributed by atoms with Crippen LogP contribution >= 0.6 is 0 Å². The molecule has 186 valence electrons. The Kier molecular flexibility index (Phi) is 9.23. The van der Waals surface area contributed by atoms with E-state index in [1.807, 2.05) is 0 Å². The molecule has 2 aliphatic heterocycles. The number of hydrogen-bond donors (Lipinski definition) is 4. The lowest BCUT2D eigenvalue weighted by Crippen LogP contribution is -2.39. The van der Waals surface area contributed by atoms with Gasteiger partial charge in [0.1, 0.15) is 23.5 Å². The van der Waals surface area contributed by atoms with Gasteiger partial charge in [0.05, 0.1) is 19.3 Å². The first-order valence-electron chi connectivity index (χ1n) is 11.6. The number of phenolic OH excluding ortho intramolecular Hbond substituents is 1. The molecule has 9 heteroatoms. The van der Waals surface area contributed by atoms with Crippen LogP contribution in [0.5, 0.6) is 5.75 Å². The molecule has 1 aromatic rings. The Bertz CT molecular complexity index is 924. The largest absolute Gasteiger partial charge is 0.507 e. The average Bonchev–Trinajstić information content (AvgIpc) is 2.81. The zero-order valence-corrected chi connectivity index (χ0v) is 19.6. The van der Waals surface area contributed by atoms with Crippen LogP contribution in [-0.4, -0.2) is 89.7 Å². The summed E-state index contributed by atoms with van der Waals surface area (Å²) < 4.78 is 10.9. The number of cyclic esters (lactones) is 1. The summed E-state index contributed by atoms with van der Waals surface area (Å²) in [6, 6.07) is 3.21. The zero-order chi connectivity index (χ0) is 24.7. The number of esters is 1. The molecule has 1 aromatic carbocycles. The van der Waals surface area contributed by atoms with Crippen molar-refractivity contribution in [3.05, 3.63) is 41.5 Å². The molecule has 3 rings (SSSR count). The third kappa shape index (κ3) is 6.89. The molecule has 4 atom stereocenters. The quantitative estimate of drug-likeness (QED) is 0.481. The number of aliphatic hydroxyl groups excluding tert-OH is 2. The van der Waals surface area contributed by atoms with Crippen LogP contribution in [0.2, 0.25) is 0 Å². The van der Waals surface area contributed by atoms with Crippen molar-refractivity contribution in [2.24, 2.45) is 5.92 Å². The number of benzene rings is 1. The van der Waals surface area contributed by atoms with Gasteiger partial charge in [0.15, 0.2) is 5.78 Å². The number of carbonyl (C=O) groups excluding carboxylic acids is 2. The van der Waals surface area contributed by atoms with Crippen LogP contribution in [0, 0.1) is 5.92 Å². The molecule has 34 heavy (non-hydrogen) atoms. The van der Waals surface area contributed by atoms with Gasteiger partial charge >= 0.3 is 5.97 Å². The van der Waals surface area contributed by atoms with Crippen LogP contribution in [-0.2, 0) is 14.3 Å². The van der Waals surface area contributed by atoms with Gasteiger partial charge < -0.3 is 30.1 Å². The van der Waals surface area contributed by atoms with E-state index >= 15 is 0 Å². The molecular formula is C25H34N2O7. The molecule has 0 radical (unpaired) electrons. The minimum absolute atomic E-state index is 0.0150. The molecule has 0 unspecified atom stereocenters. The second kappa shape index (κ2) is 12.1. The molecule has 4 N–H and O–H groups in total. The molecule has 1 fully saturated rings. The molecule has 1 saturated heterocycles. The van der Waals surface area contributed by atoms with Crippen LogP contribution in [0.1, 0.15) is 36.2 Å². The van der Waals surface area contributed by atoms with Crippen molar-refractivity contribution in [3.63, 3.8) is 0 Å². The summed E-state index contributed by atoms with van der Waals surface area (Å²) >= 11 is 0. The summed E-state index contributed by atoms with van der Waals surface area (Å²) in [5, 5.41) is 34.3. The van der Waals surface area contributed by atoms with E-state index in [0.717, 1.165) is 19.6 Å². The number of aromatic hydroxyl groups is 1. The molecule has 0 aliphatic carbocycles. The van der Waals surface area contributed by atoms with E-state index in [-0.39, 0.29) is 23.7 Å². The lowest BCUT2D eigenvalue weighted by Gasteiger charge is -2.26. The summed E-state index contributed by atoms with van der Waals surface area (Å²) in [5.74, 6) is -1.86. The van der Waals surface area contributed by atoms with Crippen LogP contribution in [0.4, 0.5) is 5.69 Å². The lowest BCUT2D eigenvalue weighted by molar-refractivity contribution is -0.127. The normalized spacial score (nSPS) is 28.9. The number of ketones is 1. The van der Waals surface area contributed by atoms with Gasteiger partial charge in [-0.15, -0.1) is 0 Å². The highest BCUT2D eigenvalue weighted by Crippen LogP contribution is 2.30. The predicted octanol–water partition coefficient (Wildman–Crippen LogP) is 1.58. The van der Waals surface area contributed by atoms with Crippen molar-refractivity contribution in [1.29, 1.82) is 0 Å². The first kappa shape index (κ1) is 25.9. The van der Waals surface area contributed by atoms with Crippen molar-refractivity contribution in [1.82, 2.24) is 4.90 Å². The van der Waals surface area contributed by atoms with Crippen molar-refractivity contribution in [2.45, 2.75) is 38.6 Å². The average molecular weight is 475 g/mol. The zero-order valence-electron chi connectivity index (χ0n) is 19.6. The smallest absolute Gasteiger partial charge is 0.342 e. The minimum Gasteiger partial charge on any atom is -0.507 e. The number of fused-ring (bicyclic) bond motifs is 1. The number of rotatable bonds is 4. The number of hydrogen-bond acceptors (Lipinski definition) is 9. The number of phenols is 1. The van der Waals surface area contributed by atoms with Crippen LogP contribution in [0.25, 0.3) is 6.08 Å². The fourth-order valence-electron chi connectivity index (χ4n) is 3.78. The lowest BCUT2D eigenvalue weighted by atomic mass is 9.99. The Morgan fingerprint density at radius 2 is 1.85 bits per heavy atom. The van der Waals surface area contributed by atoms with E-state index < -0.39 is 30.1 Å². The van der Waals surface area contributed by atoms with Crippen molar-refractivity contribution in [2.75, 3.05) is 44.7 Å². The summed E-state index contributed by atoms with van der Waals surface area (Å²) in [7, 11) is 0. The monoisotopic (exact) mass is 474 g/mol. The summed E-state index contributed by atoms with van der Waals surface area (Å²) in [6.07, 6.45) is 2.36. The standard InChI is InChI=1S/C25H34N2O7/c1-16-6-7-21(29)24(31)20(28)5-3-4-18-14-19(26-8-9-27-10-12-33-13-11-27)15-22(30)23(18)25(32)34-17(16)2/h3-4,6-7,14-17,20,24,26,28,30-31H,5,8-13H2,1-2H3/b4-3+,7-6-/t16-,17+,20+,24+/m1/s1. The second-order valence-electron chi connectivity index (χ2n) is 8.72. The molecule has 0 aromatic heterocycles. The molecule has 0 bridgehead atoms. The highest BCUT2D eigenvalue weighted by Gasteiger charge is 2.25. The van der Waals surface area contributed by atoms with Gasteiger partial charge in [-0.1, -0.05) is 25.2 Å². The van der Waals surface area contributed by atoms with Gasteiger partial charge in [-0.05, 0) is 31.1 Å². The molecule has 0 spiro atoms. The van der Waals surface area contributed by atoms with Crippen LogP contribution in [0.3, 0.4) is 0 Å². The topological polar surface area (TPSA) is 129 Å². The Morgan fingerprint density at radius 1 is 1.12 bits per heavy atom. The Balaban J connectivity index is 1.84. The Labute approximate surface area is 199 Å². The van der Waals surface area contributed by atoms with Gasteiger partial charge in [-0.3, -0.25) is 9.69 Å². The molecule has 0 saturated carbocycles. The number of ether oxygens (including phenoxy) is 2. The number of carbonyl (C=O) groups is 2. The van der Waals surface area contributed by atoms with Crippen molar-refractivity contribution >= 4 is 23.5 Å². The van der Waals surface area contributed by atoms with Gasteiger partial charge in [0, 0.05) is 43.9 Å². The minimum atomic E-state index is -1.56. The predicted molar refractivity (Wildman–Crippen MR) is 128 cm³/mol. The van der Waals surface area contributed by atoms with E-state index in [1.54, 1.807) is 32.1 Å². The molecule has 9 nitrogen and oxygen atoms in total. The summed E-state index contributed by atoms with van der Waals surface area (Å²) in [5.41, 5.74) is 1.05. The van der Waals surface area contributed by atoms with E-state index in [2.05, 4.69) is 10.2 Å². The van der Waals surface area contributed by atoms with Crippen LogP contribution < -0.4 is 5.32 Å². The number of nitrogens with one attached hydrogen (secondary N) is 1. The maximum absolute atomic E-state index is 12.9. The van der Waals surface area contributed by atoms with Gasteiger partial charge in [0.25, 0.3) is 0 Å². The Morgan fingerprint density at radius 3 is 2.59 bits per heavy atom. The molecule has 0 amide bonds. The molecule has 2 heterocycles. The number of nitrogens with zero attached hydrogens (tertiary/aromatic N) is 1. The third-order valence-electron chi connectivity index (χ3n) is 6.14. The highest BCUT2D eigenvalue weighted by atomic mass is 16.5. The van der Waals surface area contributed by atoms with Crippen molar-refractivity contribution < 1.29 is 34.4 Å². The summed E-state index contributed by atoms with van der Waals surface area (Å²) in [6.45, 7) is 8.06. The first-order chi connectivity index (χ1) is 16.3. The Hall–Kier alpha value is -2.72. The highest BCUT2D eigenvalue weighted by molar-refractivity contribution is 5.97. The number of morpholine rings is 1. The summed E-state index contributed by atoms with van der Waals surface area (Å²) in [4.78, 5) is 27.3. The SMILES string of the molecule is C[C@@H]1/C=C\C(=O)[C@@H](O)[C@@H](O)C/C=C/c2cc(NCCN3CCOCC3)cc(O)c2C(=O)O[C@H]1C. The van der Waals surface area contributed by atoms with E-state index in [9.17, 15) is 24.9 Å².